The van der Waals surface area contributed by atoms with Gasteiger partial charge in [0.05, 0.1) is 0 Å². The highest BCUT2D eigenvalue weighted by atomic mass is 79.9. The minimum atomic E-state index is 0.307. The fraction of sp³-hybridized carbons (Fsp3) is 0.647. The van der Waals surface area contributed by atoms with E-state index in [1.165, 1.54) is 5.56 Å². The summed E-state index contributed by atoms with van der Waals surface area (Å²) in [6.07, 6.45) is 1.14. The van der Waals surface area contributed by atoms with Crippen LogP contribution in [0.25, 0.3) is 0 Å². The second-order valence-corrected chi connectivity index (χ2v) is 6.15. The van der Waals surface area contributed by atoms with Gasteiger partial charge in [-0.15, -0.1) is 0 Å². The molecule has 1 atom stereocenters. The monoisotopic (exact) mass is 356 g/mol. The molecule has 0 spiro atoms. The number of rotatable bonds is 10. The summed E-state index contributed by atoms with van der Waals surface area (Å²) in [5, 5.41) is 3.52. The third-order valence-electron chi connectivity index (χ3n) is 3.70. The molecule has 21 heavy (non-hydrogen) atoms. The molecule has 3 nitrogen and oxygen atoms in total. The van der Waals surface area contributed by atoms with E-state index in [0.717, 1.165) is 49.4 Å². The summed E-state index contributed by atoms with van der Waals surface area (Å²) in [5.74, 6) is 0.979. The molecule has 1 N–H and O–H groups in total. The number of halogens is 1. The maximum Gasteiger partial charge on any atom is 0.125 e. The molecule has 0 heterocycles. The predicted molar refractivity (Wildman–Crippen MR) is 94.1 cm³/mol. The van der Waals surface area contributed by atoms with Gasteiger partial charge < -0.3 is 15.0 Å². The van der Waals surface area contributed by atoms with Crippen LogP contribution in [0.4, 0.5) is 0 Å². The van der Waals surface area contributed by atoms with Gasteiger partial charge in [0.15, 0.2) is 0 Å². The number of hydrogen-bond acceptors (Lipinski definition) is 3. The summed E-state index contributed by atoms with van der Waals surface area (Å²) in [5.41, 5.74) is 1.23. The third-order valence-corrected chi connectivity index (χ3v) is 4.20. The van der Waals surface area contributed by atoms with Gasteiger partial charge in [-0.1, -0.05) is 42.8 Å². The Balaban J connectivity index is 2.68. The second-order valence-electron chi connectivity index (χ2n) is 5.23. The predicted octanol–water partition coefficient (Wildman–Crippen LogP) is 4.23. The molecule has 0 aliphatic carbocycles. The summed E-state index contributed by atoms with van der Waals surface area (Å²) >= 11 is 3.54. The van der Waals surface area contributed by atoms with E-state index in [2.05, 4.69) is 72.0 Å². The first-order chi connectivity index (χ1) is 10.1. The minimum Gasteiger partial charge on any atom is -0.492 e. The summed E-state index contributed by atoms with van der Waals surface area (Å²) in [7, 11) is 0. The van der Waals surface area contributed by atoms with Crippen molar-refractivity contribution in [1.82, 2.24) is 10.2 Å². The molecule has 0 saturated carbocycles. The molecule has 1 unspecified atom stereocenters. The summed E-state index contributed by atoms with van der Waals surface area (Å²) < 4.78 is 7.10. The largest absolute Gasteiger partial charge is 0.492 e. The second kappa shape index (κ2) is 10.2. The van der Waals surface area contributed by atoms with Crippen LogP contribution in [0.1, 0.15) is 45.7 Å². The number of benzene rings is 1. The summed E-state index contributed by atoms with van der Waals surface area (Å²) in [4.78, 5) is 2.37. The van der Waals surface area contributed by atoms with Crippen molar-refractivity contribution in [3.8, 4) is 5.75 Å². The molecule has 120 valence electrons. The van der Waals surface area contributed by atoms with E-state index in [1.807, 2.05) is 0 Å². The minimum absolute atomic E-state index is 0.307. The van der Waals surface area contributed by atoms with Crippen molar-refractivity contribution in [3.63, 3.8) is 0 Å². The van der Waals surface area contributed by atoms with E-state index in [9.17, 15) is 0 Å². The molecule has 0 bridgehead atoms. The lowest BCUT2D eigenvalue weighted by Gasteiger charge is -2.21. The number of hydrogen-bond donors (Lipinski definition) is 1. The molecule has 0 fully saturated rings. The van der Waals surface area contributed by atoms with Gasteiger partial charge in [0.1, 0.15) is 12.4 Å². The van der Waals surface area contributed by atoms with Crippen molar-refractivity contribution in [2.45, 2.75) is 40.2 Å². The molecule has 0 saturated heterocycles. The van der Waals surface area contributed by atoms with Crippen molar-refractivity contribution in [2.75, 3.05) is 32.8 Å². The number of nitrogens with one attached hydrogen (secondary N) is 1. The van der Waals surface area contributed by atoms with Gasteiger partial charge in [0, 0.05) is 22.6 Å². The average Bonchev–Trinajstić information content (AvgIpc) is 2.49. The van der Waals surface area contributed by atoms with Crippen LogP contribution in [-0.2, 0) is 0 Å². The quantitative estimate of drug-likeness (QED) is 0.678. The number of nitrogens with zero attached hydrogens (tertiary/aromatic N) is 1. The Kier molecular flexibility index (Phi) is 8.97. The molecule has 0 aromatic heterocycles. The lowest BCUT2D eigenvalue weighted by Crippen LogP contribution is -2.28. The fourth-order valence-electron chi connectivity index (χ4n) is 2.29. The molecule has 4 heteroatoms. The highest BCUT2D eigenvalue weighted by Crippen LogP contribution is 2.28. The van der Waals surface area contributed by atoms with Gasteiger partial charge in [-0.2, -0.15) is 0 Å². The van der Waals surface area contributed by atoms with Gasteiger partial charge in [-0.25, -0.2) is 0 Å². The first-order valence-corrected chi connectivity index (χ1v) is 8.79. The molecular weight excluding hydrogens is 328 g/mol. The van der Waals surface area contributed by atoms with Crippen molar-refractivity contribution in [1.29, 1.82) is 0 Å². The summed E-state index contributed by atoms with van der Waals surface area (Å²) in [6, 6.07) is 6.60. The van der Waals surface area contributed by atoms with E-state index in [1.54, 1.807) is 0 Å². The van der Waals surface area contributed by atoms with Crippen molar-refractivity contribution in [2.24, 2.45) is 0 Å². The zero-order valence-corrected chi connectivity index (χ0v) is 15.4. The van der Waals surface area contributed by atoms with Crippen molar-refractivity contribution < 1.29 is 4.74 Å². The Morgan fingerprint density at radius 2 is 1.95 bits per heavy atom. The first kappa shape index (κ1) is 18.5. The topological polar surface area (TPSA) is 24.5 Å². The highest BCUT2D eigenvalue weighted by molar-refractivity contribution is 9.10. The van der Waals surface area contributed by atoms with Gasteiger partial charge in [0.25, 0.3) is 0 Å². The standard InChI is InChI=1S/C17H29BrN2O/c1-5-10-19-14(4)16-9-8-15(18)13-17(16)21-12-11-20(6-2)7-3/h8-9,13-14,19H,5-7,10-12H2,1-4H3. The zero-order valence-electron chi connectivity index (χ0n) is 13.8. The zero-order chi connectivity index (χ0) is 15.7. The van der Waals surface area contributed by atoms with Crippen LogP contribution < -0.4 is 10.1 Å². The molecule has 0 amide bonds. The Morgan fingerprint density at radius 3 is 2.57 bits per heavy atom. The SMILES string of the molecule is CCCNC(C)c1ccc(Br)cc1OCCN(CC)CC. The van der Waals surface area contributed by atoms with Gasteiger partial charge in [-0.05, 0) is 45.1 Å². The lowest BCUT2D eigenvalue weighted by molar-refractivity contribution is 0.220. The number of ether oxygens (including phenoxy) is 1. The van der Waals surface area contributed by atoms with Gasteiger partial charge in [-0.3, -0.25) is 0 Å². The fourth-order valence-corrected chi connectivity index (χ4v) is 2.63. The maximum atomic E-state index is 6.04. The molecule has 0 radical (unpaired) electrons. The lowest BCUT2D eigenvalue weighted by atomic mass is 10.1. The Bertz CT molecular complexity index is 408. The molecule has 0 aliphatic heterocycles. The smallest absolute Gasteiger partial charge is 0.125 e. The van der Waals surface area contributed by atoms with Crippen LogP contribution in [0, 0.1) is 0 Å². The normalized spacial score (nSPS) is 12.7. The van der Waals surface area contributed by atoms with Crippen LogP contribution in [0.5, 0.6) is 5.75 Å². The van der Waals surface area contributed by atoms with Crippen molar-refractivity contribution in [3.05, 3.63) is 28.2 Å². The van der Waals surface area contributed by atoms with E-state index in [0.29, 0.717) is 6.04 Å². The molecule has 1 aromatic carbocycles. The first-order valence-electron chi connectivity index (χ1n) is 8.00. The Hall–Kier alpha value is -0.580. The molecule has 1 rings (SSSR count). The van der Waals surface area contributed by atoms with Crippen LogP contribution in [0.15, 0.2) is 22.7 Å². The van der Waals surface area contributed by atoms with E-state index in [-0.39, 0.29) is 0 Å². The highest BCUT2D eigenvalue weighted by Gasteiger charge is 2.12. The van der Waals surface area contributed by atoms with Crippen molar-refractivity contribution >= 4 is 15.9 Å². The van der Waals surface area contributed by atoms with Crippen LogP contribution >= 0.6 is 15.9 Å². The van der Waals surface area contributed by atoms with Crippen LogP contribution in [0.3, 0.4) is 0 Å². The molecule has 1 aromatic rings. The van der Waals surface area contributed by atoms with Crippen LogP contribution in [-0.4, -0.2) is 37.7 Å². The third kappa shape index (κ3) is 6.37. The molecular formula is C17H29BrN2O. The van der Waals surface area contributed by atoms with E-state index < -0.39 is 0 Å². The molecule has 0 aliphatic rings. The number of likely N-dealkylation sites (N-methyl/N-ethyl adjacent to an activating group) is 1. The Labute approximate surface area is 138 Å². The Morgan fingerprint density at radius 1 is 1.24 bits per heavy atom. The van der Waals surface area contributed by atoms with Gasteiger partial charge in [0.2, 0.25) is 0 Å². The van der Waals surface area contributed by atoms with E-state index >= 15 is 0 Å². The maximum absolute atomic E-state index is 6.04. The van der Waals surface area contributed by atoms with E-state index in [4.69, 9.17) is 4.74 Å². The average molecular weight is 357 g/mol. The summed E-state index contributed by atoms with van der Waals surface area (Å²) in [6.45, 7) is 13.6. The van der Waals surface area contributed by atoms with Gasteiger partial charge >= 0.3 is 0 Å². The van der Waals surface area contributed by atoms with Crippen LogP contribution in [0.2, 0.25) is 0 Å².